The number of β-amino-alcohol motifs (C(OH)–C–C–N with tert-alkyl or cyclic N) is 1. The molecule has 0 bridgehead atoms. The first-order chi connectivity index (χ1) is 6.07. The minimum atomic E-state index is -2.77. The van der Waals surface area contributed by atoms with Crippen LogP contribution in [0.25, 0.3) is 0 Å². The van der Waals surface area contributed by atoms with Gasteiger partial charge in [-0.3, -0.25) is 4.90 Å². The lowest BCUT2D eigenvalue weighted by atomic mass is 10.2. The van der Waals surface area contributed by atoms with Gasteiger partial charge in [-0.25, -0.2) is 8.42 Å². The second-order valence-corrected chi connectivity index (χ2v) is 6.22. The zero-order valence-electron chi connectivity index (χ0n) is 7.52. The lowest BCUT2D eigenvalue weighted by molar-refractivity contribution is 0.164. The summed E-state index contributed by atoms with van der Waals surface area (Å²) < 4.78 is 22.4. The number of nitrogens with zero attached hydrogens (tertiary/aromatic N) is 1. The third-order valence-electron chi connectivity index (χ3n) is 2.92. The van der Waals surface area contributed by atoms with E-state index in [0.29, 0.717) is 18.1 Å². The molecule has 0 aliphatic carbocycles. The van der Waals surface area contributed by atoms with Crippen molar-refractivity contribution >= 4 is 9.84 Å². The molecule has 2 aliphatic rings. The predicted molar refractivity (Wildman–Crippen MR) is 49.3 cm³/mol. The maximum Gasteiger partial charge on any atom is 0.151 e. The molecule has 76 valence electrons. The molecule has 0 aromatic heterocycles. The van der Waals surface area contributed by atoms with Crippen LogP contribution in [0.4, 0.5) is 0 Å². The Hall–Kier alpha value is -0.130. The van der Waals surface area contributed by atoms with E-state index in [2.05, 4.69) is 4.90 Å². The van der Waals surface area contributed by atoms with Gasteiger partial charge in [0.1, 0.15) is 0 Å². The Bertz CT molecular complexity index is 288. The topological polar surface area (TPSA) is 57.6 Å². The monoisotopic (exact) mass is 205 g/mol. The minimum Gasteiger partial charge on any atom is -0.392 e. The van der Waals surface area contributed by atoms with Crippen molar-refractivity contribution in [2.24, 2.45) is 0 Å². The fourth-order valence-corrected chi connectivity index (χ4v) is 3.92. The fraction of sp³-hybridized carbons (Fsp3) is 1.00. The van der Waals surface area contributed by atoms with E-state index in [1.54, 1.807) is 0 Å². The van der Waals surface area contributed by atoms with Crippen LogP contribution >= 0.6 is 0 Å². The Morgan fingerprint density at radius 1 is 1.31 bits per heavy atom. The zero-order valence-corrected chi connectivity index (χ0v) is 8.33. The summed E-state index contributed by atoms with van der Waals surface area (Å²) in [6.45, 7) is 1.50. The van der Waals surface area contributed by atoms with Gasteiger partial charge >= 0.3 is 0 Å². The molecular weight excluding hydrogens is 190 g/mol. The highest BCUT2D eigenvalue weighted by atomic mass is 32.2. The number of sulfone groups is 1. The Kier molecular flexibility index (Phi) is 2.33. The molecule has 0 radical (unpaired) electrons. The average Bonchev–Trinajstić information content (AvgIpc) is 2.56. The first-order valence-electron chi connectivity index (χ1n) is 4.69. The highest BCUT2D eigenvalue weighted by molar-refractivity contribution is 7.91. The minimum absolute atomic E-state index is 0.169. The van der Waals surface area contributed by atoms with Crippen molar-refractivity contribution in [1.29, 1.82) is 0 Å². The van der Waals surface area contributed by atoms with Gasteiger partial charge in [0, 0.05) is 19.1 Å². The van der Waals surface area contributed by atoms with Crippen molar-refractivity contribution in [1.82, 2.24) is 4.90 Å². The molecule has 2 aliphatic heterocycles. The SMILES string of the molecule is O=S1(=O)CC[C@@H](N2CC[C@H](O)C2)C1. The molecule has 2 rings (SSSR count). The van der Waals surface area contributed by atoms with Crippen LogP contribution in [-0.4, -0.2) is 55.2 Å². The van der Waals surface area contributed by atoms with E-state index in [9.17, 15) is 13.5 Å². The van der Waals surface area contributed by atoms with Crippen molar-refractivity contribution < 1.29 is 13.5 Å². The normalized spacial score (nSPS) is 39.8. The van der Waals surface area contributed by atoms with E-state index in [1.807, 2.05) is 0 Å². The Balaban J connectivity index is 1.97. The molecule has 0 aromatic carbocycles. The molecule has 2 heterocycles. The van der Waals surface area contributed by atoms with E-state index in [0.717, 1.165) is 19.4 Å². The van der Waals surface area contributed by atoms with Gasteiger partial charge in [-0.15, -0.1) is 0 Å². The maximum atomic E-state index is 11.2. The van der Waals surface area contributed by atoms with Crippen LogP contribution in [0.2, 0.25) is 0 Å². The number of aliphatic hydroxyl groups is 1. The van der Waals surface area contributed by atoms with Crippen LogP contribution in [-0.2, 0) is 9.84 Å². The molecular formula is C8H15NO3S. The Morgan fingerprint density at radius 3 is 2.54 bits per heavy atom. The first-order valence-corrected chi connectivity index (χ1v) is 6.51. The van der Waals surface area contributed by atoms with Crippen molar-refractivity contribution in [3.8, 4) is 0 Å². The summed E-state index contributed by atoms with van der Waals surface area (Å²) in [5, 5.41) is 9.30. The molecule has 0 spiro atoms. The Labute approximate surface area is 78.5 Å². The van der Waals surface area contributed by atoms with E-state index in [1.165, 1.54) is 0 Å². The van der Waals surface area contributed by atoms with Gasteiger partial charge in [-0.1, -0.05) is 0 Å². The summed E-state index contributed by atoms with van der Waals surface area (Å²) in [6.07, 6.45) is 1.29. The molecule has 1 N–H and O–H groups in total. The molecule has 0 amide bonds. The number of aliphatic hydroxyl groups excluding tert-OH is 1. The lowest BCUT2D eigenvalue weighted by Gasteiger charge is -2.21. The van der Waals surface area contributed by atoms with E-state index >= 15 is 0 Å². The van der Waals surface area contributed by atoms with E-state index < -0.39 is 9.84 Å². The predicted octanol–water partition coefficient (Wildman–Crippen LogP) is -0.760. The van der Waals surface area contributed by atoms with Gasteiger partial charge in [0.2, 0.25) is 0 Å². The summed E-state index contributed by atoms with van der Waals surface area (Å²) in [5.41, 5.74) is 0. The van der Waals surface area contributed by atoms with Gasteiger partial charge in [0.15, 0.2) is 9.84 Å². The van der Waals surface area contributed by atoms with Crippen molar-refractivity contribution in [2.45, 2.75) is 25.0 Å². The third-order valence-corrected chi connectivity index (χ3v) is 4.67. The summed E-state index contributed by atoms with van der Waals surface area (Å²) in [7, 11) is -2.77. The van der Waals surface area contributed by atoms with Crippen LogP contribution in [0.1, 0.15) is 12.8 Å². The molecule has 2 fully saturated rings. The van der Waals surface area contributed by atoms with Crippen LogP contribution < -0.4 is 0 Å². The van der Waals surface area contributed by atoms with Gasteiger partial charge in [0.05, 0.1) is 17.6 Å². The van der Waals surface area contributed by atoms with Crippen LogP contribution in [0, 0.1) is 0 Å². The highest BCUT2D eigenvalue weighted by Crippen LogP contribution is 2.21. The highest BCUT2D eigenvalue weighted by Gasteiger charge is 2.35. The smallest absolute Gasteiger partial charge is 0.151 e. The van der Waals surface area contributed by atoms with Gasteiger partial charge in [0.25, 0.3) is 0 Å². The molecule has 5 heteroatoms. The molecule has 13 heavy (non-hydrogen) atoms. The van der Waals surface area contributed by atoms with Crippen LogP contribution in [0.5, 0.6) is 0 Å². The summed E-state index contributed by atoms with van der Waals surface area (Å²) in [5.74, 6) is 0.615. The largest absolute Gasteiger partial charge is 0.392 e. The molecule has 0 saturated carbocycles. The van der Waals surface area contributed by atoms with Crippen LogP contribution in [0.3, 0.4) is 0 Å². The summed E-state index contributed by atoms with van der Waals surface area (Å²) >= 11 is 0. The maximum absolute atomic E-state index is 11.2. The van der Waals surface area contributed by atoms with Gasteiger partial charge < -0.3 is 5.11 Å². The standard InChI is InChI=1S/C8H15NO3S/c10-8-1-3-9(5-8)7-2-4-13(11,12)6-7/h7-8,10H,1-6H2/t7-,8+/m1/s1. The first kappa shape index (κ1) is 9.43. The molecule has 2 saturated heterocycles. The van der Waals surface area contributed by atoms with Crippen molar-refractivity contribution in [3.63, 3.8) is 0 Å². The Morgan fingerprint density at radius 2 is 2.08 bits per heavy atom. The number of likely N-dealkylation sites (tertiary alicyclic amines) is 1. The average molecular weight is 205 g/mol. The number of hydrogen-bond donors (Lipinski definition) is 1. The van der Waals surface area contributed by atoms with Gasteiger partial charge in [-0.2, -0.15) is 0 Å². The lowest BCUT2D eigenvalue weighted by Crippen LogP contribution is -2.34. The third kappa shape index (κ3) is 2.03. The molecule has 4 nitrogen and oxygen atoms in total. The van der Waals surface area contributed by atoms with E-state index in [4.69, 9.17) is 0 Å². The summed E-state index contributed by atoms with van der Waals surface area (Å²) in [4.78, 5) is 2.11. The zero-order chi connectivity index (χ0) is 9.47. The van der Waals surface area contributed by atoms with Crippen molar-refractivity contribution in [3.05, 3.63) is 0 Å². The molecule has 2 atom stereocenters. The fourth-order valence-electron chi connectivity index (χ4n) is 2.16. The molecule has 0 aromatic rings. The second kappa shape index (κ2) is 3.22. The van der Waals surface area contributed by atoms with E-state index in [-0.39, 0.29) is 12.1 Å². The van der Waals surface area contributed by atoms with Gasteiger partial charge in [-0.05, 0) is 12.8 Å². The molecule has 0 unspecified atom stereocenters. The van der Waals surface area contributed by atoms with Crippen LogP contribution in [0.15, 0.2) is 0 Å². The number of rotatable bonds is 1. The second-order valence-electron chi connectivity index (χ2n) is 3.99. The quantitative estimate of drug-likeness (QED) is 0.611. The number of hydrogen-bond acceptors (Lipinski definition) is 4. The van der Waals surface area contributed by atoms with Crippen molar-refractivity contribution in [2.75, 3.05) is 24.6 Å². The summed E-state index contributed by atoms with van der Waals surface area (Å²) in [6, 6.07) is 0.169.